The molecule has 25 heavy (non-hydrogen) atoms. The first-order chi connectivity index (χ1) is 11.6. The van der Waals surface area contributed by atoms with Crippen molar-refractivity contribution >= 4 is 14.0 Å². The molecule has 2 saturated heterocycles. The van der Waals surface area contributed by atoms with Crippen LogP contribution in [0, 0.1) is 0 Å². The highest BCUT2D eigenvalue weighted by Gasteiger charge is 2.49. The Morgan fingerprint density at radius 3 is 2.52 bits per heavy atom. The Labute approximate surface area is 149 Å². The highest BCUT2D eigenvalue weighted by Crippen LogP contribution is 2.34. The minimum atomic E-state index is -1.49. The van der Waals surface area contributed by atoms with E-state index >= 15 is 0 Å². The standard InChI is InChI=1S/C17H30O7Si/c1-22-13(19)9-10-5-6-12-17(23-10)15(21)14(20)16(24-12)11(18)7-8-25(2,3)4/h7-8,10-12,14-18,20-21H,5-6,9H2,1-4H3/b8-7+/t10-,11+,12+,14+,15-,16+,17+/m1/s1. The number of hydrogen-bond donors (Lipinski definition) is 3. The lowest BCUT2D eigenvalue weighted by molar-refractivity contribution is -0.274. The molecular formula is C17H30O7Si. The van der Waals surface area contributed by atoms with Crippen LogP contribution < -0.4 is 0 Å². The maximum Gasteiger partial charge on any atom is 0.308 e. The van der Waals surface area contributed by atoms with Gasteiger partial charge in [0, 0.05) is 0 Å². The Balaban J connectivity index is 2.02. The fraction of sp³-hybridized carbons (Fsp3) is 0.824. The van der Waals surface area contributed by atoms with E-state index in [4.69, 9.17) is 9.47 Å². The summed E-state index contributed by atoms with van der Waals surface area (Å²) >= 11 is 0. The summed E-state index contributed by atoms with van der Waals surface area (Å²) in [6.45, 7) is 6.40. The van der Waals surface area contributed by atoms with Crippen LogP contribution in [-0.4, -0.2) is 79.2 Å². The summed E-state index contributed by atoms with van der Waals surface area (Å²) in [5.74, 6) is -0.375. The van der Waals surface area contributed by atoms with Gasteiger partial charge in [-0.05, 0) is 12.8 Å². The number of fused-ring (bicyclic) bond motifs is 1. The lowest BCUT2D eigenvalue weighted by atomic mass is 9.87. The third-order valence-electron chi connectivity index (χ3n) is 4.60. The van der Waals surface area contributed by atoms with Crippen molar-refractivity contribution in [3.05, 3.63) is 11.8 Å². The van der Waals surface area contributed by atoms with Gasteiger partial charge in [-0.3, -0.25) is 4.79 Å². The maximum atomic E-state index is 11.4. The molecule has 2 rings (SSSR count). The van der Waals surface area contributed by atoms with E-state index in [9.17, 15) is 20.1 Å². The van der Waals surface area contributed by atoms with E-state index in [1.807, 2.05) is 5.70 Å². The molecule has 0 bridgehead atoms. The predicted molar refractivity (Wildman–Crippen MR) is 93.7 cm³/mol. The fourth-order valence-corrected chi connectivity index (χ4v) is 3.98. The zero-order chi connectivity index (χ0) is 18.8. The van der Waals surface area contributed by atoms with Gasteiger partial charge < -0.3 is 29.5 Å². The lowest BCUT2D eigenvalue weighted by Crippen LogP contribution is -2.63. The second kappa shape index (κ2) is 8.28. The summed E-state index contributed by atoms with van der Waals surface area (Å²) in [6, 6.07) is 0. The predicted octanol–water partition coefficient (Wildman–Crippen LogP) is 0.381. The minimum absolute atomic E-state index is 0.105. The fourth-order valence-electron chi connectivity index (χ4n) is 3.21. The van der Waals surface area contributed by atoms with Gasteiger partial charge in [0.05, 0.1) is 33.8 Å². The van der Waals surface area contributed by atoms with Crippen LogP contribution in [-0.2, 0) is 19.0 Å². The summed E-state index contributed by atoms with van der Waals surface area (Å²) in [7, 11) is -0.179. The number of aliphatic hydroxyl groups is 3. The molecule has 0 aromatic heterocycles. The van der Waals surface area contributed by atoms with E-state index < -0.39 is 44.7 Å². The second-order valence-corrected chi connectivity index (χ2v) is 13.0. The van der Waals surface area contributed by atoms with Crippen molar-refractivity contribution in [2.45, 2.75) is 81.6 Å². The molecule has 0 aliphatic carbocycles. The van der Waals surface area contributed by atoms with Crippen molar-refractivity contribution in [3.63, 3.8) is 0 Å². The van der Waals surface area contributed by atoms with Gasteiger partial charge in [-0.15, -0.1) is 0 Å². The molecule has 7 atom stereocenters. The number of methoxy groups -OCH3 is 1. The molecule has 0 amide bonds. The Kier molecular flexibility index (Phi) is 6.80. The number of esters is 1. The third-order valence-corrected chi connectivity index (χ3v) is 5.79. The van der Waals surface area contributed by atoms with Crippen molar-refractivity contribution in [1.82, 2.24) is 0 Å². The normalized spacial score (nSPS) is 37.6. The topological polar surface area (TPSA) is 105 Å². The van der Waals surface area contributed by atoms with Crippen LogP contribution in [0.25, 0.3) is 0 Å². The SMILES string of the molecule is COC(=O)C[C@H]1CC[C@@H]2O[C@@H]([C@@H](O)/C=C/[Si](C)(C)C)[C@@H](O)[C@@H](O)[C@H]2O1. The van der Waals surface area contributed by atoms with Gasteiger partial charge in [-0.2, -0.15) is 0 Å². The molecule has 0 aromatic rings. The number of carbonyl (C=O) groups excluding carboxylic acids is 1. The van der Waals surface area contributed by atoms with Gasteiger partial charge in [0.25, 0.3) is 0 Å². The number of carbonyl (C=O) groups is 1. The quantitative estimate of drug-likeness (QED) is 0.472. The third kappa shape index (κ3) is 5.35. The molecule has 0 unspecified atom stereocenters. The highest BCUT2D eigenvalue weighted by molar-refractivity contribution is 6.80. The molecule has 0 saturated carbocycles. The van der Waals surface area contributed by atoms with Gasteiger partial charge in [0.15, 0.2) is 0 Å². The van der Waals surface area contributed by atoms with Crippen LogP contribution in [0.4, 0.5) is 0 Å². The average Bonchev–Trinajstić information content (AvgIpc) is 2.55. The maximum absolute atomic E-state index is 11.4. The van der Waals surface area contributed by atoms with E-state index in [2.05, 4.69) is 24.4 Å². The number of rotatable bonds is 5. The average molecular weight is 375 g/mol. The Bertz CT molecular complexity index is 488. The van der Waals surface area contributed by atoms with Crippen molar-refractivity contribution in [3.8, 4) is 0 Å². The van der Waals surface area contributed by atoms with Gasteiger partial charge in [0.1, 0.15) is 30.5 Å². The van der Waals surface area contributed by atoms with Crippen LogP contribution in [0.15, 0.2) is 11.8 Å². The monoisotopic (exact) mass is 374 g/mol. The molecule has 0 spiro atoms. The van der Waals surface area contributed by atoms with Crippen molar-refractivity contribution in [1.29, 1.82) is 0 Å². The van der Waals surface area contributed by atoms with E-state index in [1.165, 1.54) is 7.11 Å². The molecule has 3 N–H and O–H groups in total. The number of hydrogen-bond acceptors (Lipinski definition) is 7. The smallest absolute Gasteiger partial charge is 0.308 e. The summed E-state index contributed by atoms with van der Waals surface area (Å²) in [5.41, 5.74) is 1.98. The minimum Gasteiger partial charge on any atom is -0.469 e. The van der Waals surface area contributed by atoms with E-state index in [0.29, 0.717) is 12.8 Å². The van der Waals surface area contributed by atoms with E-state index in [0.717, 1.165) is 0 Å². The molecule has 144 valence electrons. The van der Waals surface area contributed by atoms with Crippen LogP contribution in [0.3, 0.4) is 0 Å². The molecule has 8 heteroatoms. The molecule has 2 aliphatic heterocycles. The summed E-state index contributed by atoms with van der Waals surface area (Å²) < 4.78 is 16.2. The molecule has 0 radical (unpaired) electrons. The summed E-state index contributed by atoms with van der Waals surface area (Å²) in [4.78, 5) is 11.4. The van der Waals surface area contributed by atoms with Gasteiger partial charge in [-0.25, -0.2) is 0 Å². The van der Waals surface area contributed by atoms with Crippen LogP contribution >= 0.6 is 0 Å². The summed E-state index contributed by atoms with van der Waals surface area (Å²) in [6.07, 6.45) is -2.93. The number of aliphatic hydroxyl groups excluding tert-OH is 3. The van der Waals surface area contributed by atoms with Gasteiger partial charge in [0.2, 0.25) is 0 Å². The van der Waals surface area contributed by atoms with Crippen LogP contribution in [0.2, 0.25) is 19.6 Å². The molecule has 2 fully saturated rings. The van der Waals surface area contributed by atoms with Crippen molar-refractivity contribution in [2.24, 2.45) is 0 Å². The molecule has 2 heterocycles. The lowest BCUT2D eigenvalue weighted by Gasteiger charge is -2.47. The van der Waals surface area contributed by atoms with Gasteiger partial charge >= 0.3 is 5.97 Å². The Morgan fingerprint density at radius 2 is 1.92 bits per heavy atom. The van der Waals surface area contributed by atoms with Crippen molar-refractivity contribution in [2.75, 3.05) is 7.11 Å². The van der Waals surface area contributed by atoms with E-state index in [-0.39, 0.29) is 18.5 Å². The zero-order valence-electron chi connectivity index (χ0n) is 15.3. The zero-order valence-corrected chi connectivity index (χ0v) is 16.3. The first-order valence-electron chi connectivity index (χ1n) is 8.73. The molecule has 7 nitrogen and oxygen atoms in total. The Hall–Kier alpha value is -0.773. The summed E-state index contributed by atoms with van der Waals surface area (Å²) in [5, 5.41) is 31.1. The van der Waals surface area contributed by atoms with Gasteiger partial charge in [-0.1, -0.05) is 31.4 Å². The highest BCUT2D eigenvalue weighted by atomic mass is 28.3. The Morgan fingerprint density at radius 1 is 1.24 bits per heavy atom. The van der Waals surface area contributed by atoms with Crippen LogP contribution in [0.1, 0.15) is 19.3 Å². The largest absolute Gasteiger partial charge is 0.469 e. The molecule has 0 aromatic carbocycles. The second-order valence-electron chi connectivity index (χ2n) is 7.92. The van der Waals surface area contributed by atoms with Crippen LogP contribution in [0.5, 0.6) is 0 Å². The number of ether oxygens (including phenoxy) is 3. The van der Waals surface area contributed by atoms with Crippen molar-refractivity contribution < 1.29 is 34.3 Å². The first kappa shape index (κ1) is 20.5. The first-order valence-corrected chi connectivity index (χ1v) is 12.3. The molecular weight excluding hydrogens is 344 g/mol. The van der Waals surface area contributed by atoms with E-state index in [1.54, 1.807) is 6.08 Å². The molecule has 2 aliphatic rings.